The van der Waals surface area contributed by atoms with Gasteiger partial charge in [0.1, 0.15) is 4.33 Å². The summed E-state index contributed by atoms with van der Waals surface area (Å²) in [4.78, 5) is 37.2. The zero-order chi connectivity index (χ0) is 23.9. The molecule has 2 aromatic carbocycles. The number of halogens is 5. The Morgan fingerprint density at radius 1 is 0.939 bits per heavy atom. The Balaban J connectivity index is 1.42. The maximum atomic E-state index is 12.9. The van der Waals surface area contributed by atoms with Gasteiger partial charge in [0, 0.05) is 28.1 Å². The van der Waals surface area contributed by atoms with Crippen LogP contribution < -0.4 is 16.2 Å². The van der Waals surface area contributed by atoms with E-state index < -0.39 is 28.0 Å². The standard InChI is InChI=1S/C22H18Cl5N3O3/c23-12-6-11(7-13(24)8-12)18-19(22(18,26)27)21(33)28-14-3-4-16(25)15(9-14)20(32)30-29-17(31)5-10-1-2-10/h3-4,6-10,18-19H,1-2,5H2,(H,28,33)(H,29,31)(H,30,32)/t18-,19+/m0/s1. The Labute approximate surface area is 215 Å². The van der Waals surface area contributed by atoms with Gasteiger partial charge in [0.25, 0.3) is 5.91 Å². The highest BCUT2D eigenvalue weighted by molar-refractivity contribution is 6.53. The fraction of sp³-hybridized carbons (Fsp3) is 0.318. The first kappa shape index (κ1) is 24.4. The quantitative estimate of drug-likeness (QED) is 0.318. The molecule has 3 amide bonds. The Kier molecular flexibility index (Phi) is 7.04. The van der Waals surface area contributed by atoms with Crippen LogP contribution in [-0.4, -0.2) is 22.1 Å². The van der Waals surface area contributed by atoms with E-state index in [1.807, 2.05) is 0 Å². The second kappa shape index (κ2) is 9.51. The van der Waals surface area contributed by atoms with Crippen molar-refractivity contribution in [2.24, 2.45) is 11.8 Å². The number of alkyl halides is 2. The number of hydrazine groups is 1. The summed E-state index contributed by atoms with van der Waals surface area (Å²) in [6.45, 7) is 0. The lowest BCUT2D eigenvalue weighted by Crippen LogP contribution is -2.41. The summed E-state index contributed by atoms with van der Waals surface area (Å²) < 4.78 is -1.34. The number of hydrogen-bond donors (Lipinski definition) is 3. The maximum absolute atomic E-state index is 12.9. The van der Waals surface area contributed by atoms with Gasteiger partial charge < -0.3 is 5.32 Å². The summed E-state index contributed by atoms with van der Waals surface area (Å²) in [7, 11) is 0. The third-order valence-electron chi connectivity index (χ3n) is 5.54. The van der Waals surface area contributed by atoms with E-state index in [0.29, 0.717) is 33.6 Å². The molecule has 0 radical (unpaired) electrons. The Bertz CT molecular complexity index is 1120. The van der Waals surface area contributed by atoms with E-state index in [4.69, 9.17) is 58.0 Å². The van der Waals surface area contributed by atoms with Crippen LogP contribution in [0.4, 0.5) is 5.69 Å². The van der Waals surface area contributed by atoms with E-state index in [1.54, 1.807) is 24.3 Å². The van der Waals surface area contributed by atoms with Crippen LogP contribution in [-0.2, 0) is 9.59 Å². The number of carbonyl (C=O) groups is 3. The second-order valence-electron chi connectivity index (χ2n) is 8.17. The largest absolute Gasteiger partial charge is 0.326 e. The van der Waals surface area contributed by atoms with Crippen LogP contribution >= 0.6 is 58.0 Å². The van der Waals surface area contributed by atoms with Gasteiger partial charge in [-0.15, -0.1) is 23.2 Å². The maximum Gasteiger partial charge on any atom is 0.271 e. The molecule has 0 aromatic heterocycles. The van der Waals surface area contributed by atoms with Crippen LogP contribution in [0.3, 0.4) is 0 Å². The van der Waals surface area contributed by atoms with Crippen LogP contribution in [0.15, 0.2) is 36.4 Å². The molecule has 2 aliphatic carbocycles. The van der Waals surface area contributed by atoms with Gasteiger partial charge in [-0.05, 0) is 60.7 Å². The van der Waals surface area contributed by atoms with Crippen LogP contribution in [0, 0.1) is 11.8 Å². The number of anilines is 1. The third-order valence-corrected chi connectivity index (χ3v) is 7.25. The van der Waals surface area contributed by atoms with E-state index in [9.17, 15) is 14.4 Å². The predicted molar refractivity (Wildman–Crippen MR) is 130 cm³/mol. The SMILES string of the molecule is O=C(CC1CC1)NNC(=O)c1cc(NC(=O)[C@H]2[C@H](c3cc(Cl)cc(Cl)c3)C2(Cl)Cl)ccc1Cl. The molecule has 33 heavy (non-hydrogen) atoms. The average Bonchev–Trinajstić information content (AvgIpc) is 3.63. The first-order valence-corrected chi connectivity index (χ1v) is 12.0. The molecule has 174 valence electrons. The first-order valence-electron chi connectivity index (χ1n) is 10.1. The van der Waals surface area contributed by atoms with E-state index in [0.717, 1.165) is 12.8 Å². The minimum Gasteiger partial charge on any atom is -0.326 e. The van der Waals surface area contributed by atoms with Crippen LogP contribution in [0.1, 0.15) is 41.1 Å². The van der Waals surface area contributed by atoms with Crippen LogP contribution in [0.25, 0.3) is 0 Å². The fourth-order valence-electron chi connectivity index (χ4n) is 3.65. The molecule has 2 aliphatic rings. The molecule has 2 aromatic rings. The normalized spacial score (nSPS) is 20.6. The molecular weight excluding hydrogens is 532 g/mol. The molecule has 0 spiro atoms. The summed E-state index contributed by atoms with van der Waals surface area (Å²) in [5.41, 5.74) is 5.76. The van der Waals surface area contributed by atoms with Gasteiger partial charge in [-0.3, -0.25) is 25.2 Å². The zero-order valence-corrected chi connectivity index (χ0v) is 20.7. The Hall–Kier alpha value is -1.70. The summed E-state index contributed by atoms with van der Waals surface area (Å²) in [5.74, 6) is -2.20. The van der Waals surface area contributed by atoms with Crippen molar-refractivity contribution in [2.45, 2.75) is 29.5 Å². The number of amides is 3. The van der Waals surface area contributed by atoms with Crippen molar-refractivity contribution in [3.05, 3.63) is 62.6 Å². The molecule has 2 fully saturated rings. The van der Waals surface area contributed by atoms with Gasteiger partial charge in [0.2, 0.25) is 11.8 Å². The van der Waals surface area contributed by atoms with Crippen molar-refractivity contribution in [3.8, 4) is 0 Å². The lowest BCUT2D eigenvalue weighted by Gasteiger charge is -2.11. The molecule has 6 nitrogen and oxygen atoms in total. The zero-order valence-electron chi connectivity index (χ0n) is 16.9. The van der Waals surface area contributed by atoms with Gasteiger partial charge >= 0.3 is 0 Å². The number of carbonyl (C=O) groups excluding carboxylic acids is 3. The molecule has 0 bridgehead atoms. The Morgan fingerprint density at radius 3 is 2.24 bits per heavy atom. The Morgan fingerprint density at radius 2 is 1.61 bits per heavy atom. The van der Waals surface area contributed by atoms with Crippen molar-refractivity contribution in [1.29, 1.82) is 0 Å². The summed E-state index contributed by atoms with van der Waals surface area (Å²) in [6.07, 6.45) is 2.41. The topological polar surface area (TPSA) is 87.3 Å². The van der Waals surface area contributed by atoms with Gasteiger partial charge in [-0.2, -0.15) is 0 Å². The molecule has 0 heterocycles. The van der Waals surface area contributed by atoms with Crippen molar-refractivity contribution in [2.75, 3.05) is 5.32 Å². The highest BCUT2D eigenvalue weighted by Gasteiger charge is 2.67. The van der Waals surface area contributed by atoms with E-state index >= 15 is 0 Å². The third kappa shape index (κ3) is 5.69. The minimum absolute atomic E-state index is 0.0816. The van der Waals surface area contributed by atoms with Crippen molar-refractivity contribution >= 4 is 81.4 Å². The molecule has 3 N–H and O–H groups in total. The van der Waals surface area contributed by atoms with Crippen molar-refractivity contribution in [3.63, 3.8) is 0 Å². The highest BCUT2D eigenvalue weighted by Crippen LogP contribution is 2.65. The second-order valence-corrected chi connectivity index (χ2v) is 10.9. The fourth-order valence-corrected chi connectivity index (χ4v) is 5.22. The van der Waals surface area contributed by atoms with Gasteiger partial charge in [-0.25, -0.2) is 0 Å². The number of rotatable bonds is 6. The molecule has 2 atom stereocenters. The summed E-state index contributed by atoms with van der Waals surface area (Å²) in [5, 5.41) is 3.68. The summed E-state index contributed by atoms with van der Waals surface area (Å²) >= 11 is 31.0. The molecular formula is C22H18Cl5N3O3. The lowest BCUT2D eigenvalue weighted by atomic mass is 10.1. The van der Waals surface area contributed by atoms with Gasteiger partial charge in [0.05, 0.1) is 16.5 Å². The monoisotopic (exact) mass is 547 g/mol. The minimum atomic E-state index is -1.34. The van der Waals surface area contributed by atoms with Crippen LogP contribution in [0.5, 0.6) is 0 Å². The molecule has 0 aliphatic heterocycles. The van der Waals surface area contributed by atoms with Crippen LogP contribution in [0.2, 0.25) is 15.1 Å². The molecule has 4 rings (SSSR count). The number of nitrogens with one attached hydrogen (secondary N) is 3. The van der Waals surface area contributed by atoms with Gasteiger partial charge in [-0.1, -0.05) is 34.8 Å². The summed E-state index contributed by atoms with van der Waals surface area (Å²) in [6, 6.07) is 9.30. The smallest absolute Gasteiger partial charge is 0.271 e. The van der Waals surface area contributed by atoms with E-state index in [1.165, 1.54) is 12.1 Å². The average molecular weight is 550 g/mol. The molecule has 0 saturated heterocycles. The van der Waals surface area contributed by atoms with E-state index in [2.05, 4.69) is 16.2 Å². The van der Waals surface area contributed by atoms with E-state index in [-0.39, 0.29) is 16.5 Å². The highest BCUT2D eigenvalue weighted by atomic mass is 35.5. The number of benzene rings is 2. The van der Waals surface area contributed by atoms with Crippen molar-refractivity contribution in [1.82, 2.24) is 10.9 Å². The van der Waals surface area contributed by atoms with Crippen molar-refractivity contribution < 1.29 is 14.4 Å². The first-order chi connectivity index (χ1) is 15.6. The lowest BCUT2D eigenvalue weighted by molar-refractivity contribution is -0.122. The number of hydrogen-bond acceptors (Lipinski definition) is 3. The van der Waals surface area contributed by atoms with Gasteiger partial charge in [0.15, 0.2) is 0 Å². The molecule has 11 heteroatoms. The predicted octanol–water partition coefficient (Wildman–Crippen LogP) is 5.73. The molecule has 0 unspecified atom stereocenters. The molecule has 2 saturated carbocycles.